The van der Waals surface area contributed by atoms with Crippen LogP contribution in [0.2, 0.25) is 0 Å². The summed E-state index contributed by atoms with van der Waals surface area (Å²) in [4.78, 5) is 0. The summed E-state index contributed by atoms with van der Waals surface area (Å²) in [6.07, 6.45) is -0.175. The number of hydrogen-bond donors (Lipinski definition) is 1. The lowest BCUT2D eigenvalue weighted by Gasteiger charge is -2.20. The van der Waals surface area contributed by atoms with Gasteiger partial charge < -0.3 is 15.2 Å². The summed E-state index contributed by atoms with van der Waals surface area (Å²) in [5.74, 6) is 1.69. The van der Waals surface area contributed by atoms with E-state index in [1.165, 1.54) is 5.56 Å². The maximum atomic E-state index is 6.08. The van der Waals surface area contributed by atoms with Crippen LogP contribution in [0.3, 0.4) is 0 Å². The maximum Gasteiger partial charge on any atom is 0.136 e. The van der Waals surface area contributed by atoms with Gasteiger partial charge in [-0.3, -0.25) is 0 Å². The van der Waals surface area contributed by atoms with Crippen LogP contribution in [0.1, 0.15) is 22.8 Å². The molecule has 0 radical (unpaired) electrons. The molecule has 0 bridgehead atoms. The topological polar surface area (TPSA) is 44.5 Å². The standard InChI is InChI=1S/C17H21NO2/c1-12-6-4-9-16(13(12)2)20-17(11-18)14-7-5-8-15(10-14)19-3/h4-10,17H,11,18H2,1-3H3. The molecule has 2 N–H and O–H groups in total. The van der Waals surface area contributed by atoms with Crippen LogP contribution in [0.15, 0.2) is 42.5 Å². The van der Waals surface area contributed by atoms with Crippen molar-refractivity contribution >= 4 is 0 Å². The van der Waals surface area contributed by atoms with Crippen molar-refractivity contribution in [1.82, 2.24) is 0 Å². The molecule has 0 saturated heterocycles. The summed E-state index contributed by atoms with van der Waals surface area (Å²) in [5.41, 5.74) is 9.25. The predicted molar refractivity (Wildman–Crippen MR) is 81.3 cm³/mol. The molecule has 0 aliphatic rings. The fourth-order valence-corrected chi connectivity index (χ4v) is 2.10. The minimum atomic E-state index is -0.175. The second-order valence-electron chi connectivity index (χ2n) is 4.82. The van der Waals surface area contributed by atoms with E-state index in [-0.39, 0.29) is 6.10 Å². The van der Waals surface area contributed by atoms with Gasteiger partial charge in [-0.15, -0.1) is 0 Å². The zero-order valence-corrected chi connectivity index (χ0v) is 12.2. The molecule has 0 heterocycles. The third-order valence-electron chi connectivity index (χ3n) is 3.50. The average Bonchev–Trinajstić information content (AvgIpc) is 2.49. The number of hydrogen-bond acceptors (Lipinski definition) is 3. The van der Waals surface area contributed by atoms with Gasteiger partial charge >= 0.3 is 0 Å². The van der Waals surface area contributed by atoms with Gasteiger partial charge in [0.05, 0.1) is 7.11 Å². The van der Waals surface area contributed by atoms with E-state index < -0.39 is 0 Å². The van der Waals surface area contributed by atoms with Crippen LogP contribution in [0.5, 0.6) is 11.5 Å². The highest BCUT2D eigenvalue weighted by Crippen LogP contribution is 2.27. The number of methoxy groups -OCH3 is 1. The lowest BCUT2D eigenvalue weighted by atomic mass is 10.1. The first-order valence-electron chi connectivity index (χ1n) is 6.72. The Labute approximate surface area is 120 Å². The van der Waals surface area contributed by atoms with Gasteiger partial charge in [0.25, 0.3) is 0 Å². The Morgan fingerprint density at radius 2 is 1.85 bits per heavy atom. The molecule has 0 aliphatic heterocycles. The molecule has 2 aromatic carbocycles. The van der Waals surface area contributed by atoms with Crippen molar-refractivity contribution in [3.63, 3.8) is 0 Å². The molecule has 0 aromatic heterocycles. The summed E-state index contributed by atoms with van der Waals surface area (Å²) in [5, 5.41) is 0. The quantitative estimate of drug-likeness (QED) is 0.906. The van der Waals surface area contributed by atoms with E-state index in [4.69, 9.17) is 15.2 Å². The zero-order chi connectivity index (χ0) is 14.5. The van der Waals surface area contributed by atoms with Crippen LogP contribution < -0.4 is 15.2 Å². The summed E-state index contributed by atoms with van der Waals surface area (Å²) in [6, 6.07) is 13.9. The first-order valence-corrected chi connectivity index (χ1v) is 6.72. The van der Waals surface area contributed by atoms with Crippen LogP contribution >= 0.6 is 0 Å². The molecule has 1 unspecified atom stereocenters. The Kier molecular flexibility index (Phi) is 4.64. The molecule has 0 spiro atoms. The second kappa shape index (κ2) is 6.44. The molecule has 0 aliphatic carbocycles. The van der Waals surface area contributed by atoms with Crippen molar-refractivity contribution < 1.29 is 9.47 Å². The van der Waals surface area contributed by atoms with Gasteiger partial charge in [-0.2, -0.15) is 0 Å². The van der Waals surface area contributed by atoms with Crippen molar-refractivity contribution in [1.29, 1.82) is 0 Å². The van der Waals surface area contributed by atoms with Crippen molar-refractivity contribution in [3.8, 4) is 11.5 Å². The largest absolute Gasteiger partial charge is 0.497 e. The fourth-order valence-electron chi connectivity index (χ4n) is 2.10. The smallest absolute Gasteiger partial charge is 0.136 e. The molecular formula is C17H21NO2. The average molecular weight is 271 g/mol. The second-order valence-corrected chi connectivity index (χ2v) is 4.82. The minimum Gasteiger partial charge on any atom is -0.497 e. The summed E-state index contributed by atoms with van der Waals surface area (Å²) < 4.78 is 11.3. The Morgan fingerprint density at radius 3 is 2.55 bits per heavy atom. The van der Waals surface area contributed by atoms with Crippen LogP contribution in [-0.4, -0.2) is 13.7 Å². The lowest BCUT2D eigenvalue weighted by molar-refractivity contribution is 0.212. The zero-order valence-electron chi connectivity index (χ0n) is 12.2. The van der Waals surface area contributed by atoms with E-state index in [1.54, 1.807) is 7.11 Å². The van der Waals surface area contributed by atoms with Gasteiger partial charge in [0.1, 0.15) is 17.6 Å². The molecule has 2 rings (SSSR count). The predicted octanol–water partition coefficient (Wildman–Crippen LogP) is 3.39. The normalized spacial score (nSPS) is 12.0. The molecule has 1 atom stereocenters. The molecule has 3 nitrogen and oxygen atoms in total. The Balaban J connectivity index is 2.26. The van der Waals surface area contributed by atoms with Crippen molar-refractivity contribution in [2.45, 2.75) is 20.0 Å². The van der Waals surface area contributed by atoms with Crippen LogP contribution in [0.25, 0.3) is 0 Å². The molecule has 20 heavy (non-hydrogen) atoms. The fraction of sp³-hybridized carbons (Fsp3) is 0.294. The number of benzene rings is 2. The minimum absolute atomic E-state index is 0.175. The van der Waals surface area contributed by atoms with Crippen molar-refractivity contribution in [3.05, 3.63) is 59.2 Å². The highest BCUT2D eigenvalue weighted by atomic mass is 16.5. The summed E-state index contributed by atoms with van der Waals surface area (Å²) in [7, 11) is 1.65. The highest BCUT2D eigenvalue weighted by Gasteiger charge is 2.14. The molecule has 2 aromatic rings. The van der Waals surface area contributed by atoms with Gasteiger partial charge in [-0.25, -0.2) is 0 Å². The van der Waals surface area contributed by atoms with Gasteiger partial charge in [-0.05, 0) is 48.7 Å². The molecular weight excluding hydrogens is 250 g/mol. The van der Waals surface area contributed by atoms with E-state index in [0.717, 1.165) is 22.6 Å². The molecule has 0 saturated carbocycles. The third kappa shape index (κ3) is 3.11. The first-order chi connectivity index (χ1) is 9.65. The van der Waals surface area contributed by atoms with Gasteiger partial charge in [-0.1, -0.05) is 24.3 Å². The van der Waals surface area contributed by atoms with Crippen molar-refractivity contribution in [2.24, 2.45) is 5.73 Å². The van der Waals surface area contributed by atoms with Crippen LogP contribution in [-0.2, 0) is 0 Å². The third-order valence-corrected chi connectivity index (χ3v) is 3.50. The molecule has 3 heteroatoms. The van der Waals surface area contributed by atoms with Crippen LogP contribution in [0.4, 0.5) is 0 Å². The van der Waals surface area contributed by atoms with E-state index in [1.807, 2.05) is 36.4 Å². The van der Waals surface area contributed by atoms with E-state index in [0.29, 0.717) is 6.54 Å². The number of aryl methyl sites for hydroxylation is 1. The van der Waals surface area contributed by atoms with Gasteiger partial charge in [0, 0.05) is 6.54 Å². The molecule has 0 fully saturated rings. The summed E-state index contributed by atoms with van der Waals surface area (Å²) in [6.45, 7) is 4.55. The Hall–Kier alpha value is -2.00. The molecule has 0 amide bonds. The Morgan fingerprint density at radius 1 is 1.10 bits per heavy atom. The van der Waals surface area contributed by atoms with Gasteiger partial charge in [0.15, 0.2) is 0 Å². The number of rotatable bonds is 5. The number of ether oxygens (including phenoxy) is 2. The maximum absolute atomic E-state index is 6.08. The highest BCUT2D eigenvalue weighted by molar-refractivity contribution is 5.39. The van der Waals surface area contributed by atoms with Crippen LogP contribution in [0, 0.1) is 13.8 Å². The Bertz CT molecular complexity index is 581. The van der Waals surface area contributed by atoms with Crippen molar-refractivity contribution in [2.75, 3.05) is 13.7 Å². The summed E-state index contributed by atoms with van der Waals surface area (Å²) >= 11 is 0. The first kappa shape index (κ1) is 14.4. The molecule has 106 valence electrons. The lowest BCUT2D eigenvalue weighted by Crippen LogP contribution is -2.19. The van der Waals surface area contributed by atoms with E-state index in [2.05, 4.69) is 19.9 Å². The monoisotopic (exact) mass is 271 g/mol. The van der Waals surface area contributed by atoms with Gasteiger partial charge in [0.2, 0.25) is 0 Å². The SMILES string of the molecule is COc1cccc(C(CN)Oc2cccc(C)c2C)c1. The van der Waals surface area contributed by atoms with E-state index in [9.17, 15) is 0 Å². The van der Waals surface area contributed by atoms with E-state index >= 15 is 0 Å². The number of nitrogens with two attached hydrogens (primary N) is 1.